The van der Waals surface area contributed by atoms with Crippen molar-refractivity contribution in [1.29, 1.82) is 0 Å². The van der Waals surface area contributed by atoms with Gasteiger partial charge < -0.3 is 25.8 Å². The fourth-order valence-corrected chi connectivity index (χ4v) is 3.20. The predicted octanol–water partition coefficient (Wildman–Crippen LogP) is 3.50. The van der Waals surface area contributed by atoms with Crippen molar-refractivity contribution < 1.29 is 24.2 Å². The molecular weight excluding hydrogens is 400 g/mol. The van der Waals surface area contributed by atoms with Crippen molar-refractivity contribution in [3.63, 3.8) is 0 Å². The Morgan fingerprint density at radius 2 is 1.97 bits per heavy atom. The van der Waals surface area contributed by atoms with Crippen LogP contribution in [0.1, 0.15) is 21.5 Å². The number of hydrogen-bond acceptors (Lipinski definition) is 6. The van der Waals surface area contributed by atoms with Gasteiger partial charge in [-0.15, -0.1) is 0 Å². The van der Waals surface area contributed by atoms with Crippen LogP contribution in [-0.4, -0.2) is 28.1 Å². The number of ether oxygens (including phenoxy) is 1. The minimum atomic E-state index is -1.43. The lowest BCUT2D eigenvalue weighted by Crippen LogP contribution is -2.15. The number of carbonyl (C=O) groups excluding carboxylic acids is 2. The highest BCUT2D eigenvalue weighted by molar-refractivity contribution is 6.08. The average Bonchev–Trinajstić information content (AvgIpc) is 3.12. The van der Waals surface area contributed by atoms with E-state index in [9.17, 15) is 14.4 Å². The summed E-state index contributed by atoms with van der Waals surface area (Å²) in [4.78, 5) is 38.8. The first-order valence-electron chi connectivity index (χ1n) is 9.40. The predicted molar refractivity (Wildman–Crippen MR) is 113 cm³/mol. The zero-order chi connectivity index (χ0) is 21.8. The number of benzene rings is 2. The third kappa shape index (κ3) is 4.78. The summed E-state index contributed by atoms with van der Waals surface area (Å²) in [5.74, 6) is -0.365. The van der Waals surface area contributed by atoms with E-state index in [1.807, 2.05) is 6.07 Å². The number of rotatable bonds is 6. The van der Waals surface area contributed by atoms with Crippen LogP contribution in [0.15, 0.2) is 60.8 Å². The highest BCUT2D eigenvalue weighted by Crippen LogP contribution is 2.27. The number of nitrogens with one attached hydrogen (secondary N) is 3. The summed E-state index contributed by atoms with van der Waals surface area (Å²) < 4.78 is 4.48. The maximum Gasteiger partial charge on any atom is 0.512 e. The molecular formula is C22H18N4O5. The van der Waals surface area contributed by atoms with Crippen LogP contribution < -0.4 is 20.7 Å². The topological polar surface area (TPSA) is 130 Å². The summed E-state index contributed by atoms with van der Waals surface area (Å²) in [7, 11) is 0. The summed E-state index contributed by atoms with van der Waals surface area (Å²) in [6.45, 7) is 0.372. The van der Waals surface area contributed by atoms with E-state index in [2.05, 4.69) is 25.7 Å². The van der Waals surface area contributed by atoms with E-state index in [0.29, 0.717) is 29.9 Å². The molecule has 4 N–H and O–H groups in total. The molecule has 0 fully saturated rings. The molecule has 0 bridgehead atoms. The van der Waals surface area contributed by atoms with Crippen molar-refractivity contribution in [3.8, 4) is 5.88 Å². The summed E-state index contributed by atoms with van der Waals surface area (Å²) in [5.41, 5.74) is 4.08. The van der Waals surface area contributed by atoms with Crippen LogP contribution in [0.25, 0.3) is 0 Å². The van der Waals surface area contributed by atoms with Crippen molar-refractivity contribution in [1.82, 2.24) is 4.98 Å². The van der Waals surface area contributed by atoms with E-state index in [0.717, 1.165) is 16.8 Å². The molecule has 0 spiro atoms. The molecule has 3 aromatic rings. The molecule has 0 aliphatic carbocycles. The molecule has 1 aliphatic rings. The molecule has 9 nitrogen and oxygen atoms in total. The fourth-order valence-electron chi connectivity index (χ4n) is 3.20. The lowest BCUT2D eigenvalue weighted by Gasteiger charge is -2.13. The third-order valence-corrected chi connectivity index (χ3v) is 4.63. The molecule has 31 heavy (non-hydrogen) atoms. The number of carboxylic acid groups (broad SMARTS) is 1. The van der Waals surface area contributed by atoms with Crippen molar-refractivity contribution in [2.24, 2.45) is 0 Å². The molecule has 0 unspecified atom stereocenters. The molecule has 9 heteroatoms. The van der Waals surface area contributed by atoms with E-state index in [4.69, 9.17) is 5.11 Å². The number of carbonyl (C=O) groups is 3. The van der Waals surface area contributed by atoms with Crippen molar-refractivity contribution >= 4 is 35.0 Å². The molecule has 156 valence electrons. The third-order valence-electron chi connectivity index (χ3n) is 4.63. The van der Waals surface area contributed by atoms with Gasteiger partial charge in [0.1, 0.15) is 0 Å². The van der Waals surface area contributed by atoms with E-state index in [1.165, 1.54) is 12.3 Å². The number of fused-ring (bicyclic) bond motifs is 1. The Balaban J connectivity index is 1.43. The highest BCUT2D eigenvalue weighted by atomic mass is 16.7. The highest BCUT2D eigenvalue weighted by Gasteiger charge is 2.18. The number of hydrogen-bond donors (Lipinski definition) is 4. The van der Waals surface area contributed by atoms with Gasteiger partial charge in [0.15, 0.2) is 0 Å². The monoisotopic (exact) mass is 418 g/mol. The molecule has 1 aromatic heterocycles. The van der Waals surface area contributed by atoms with Gasteiger partial charge in [-0.05, 0) is 41.5 Å². The van der Waals surface area contributed by atoms with Gasteiger partial charge in [0.05, 0.1) is 12.0 Å². The Labute approximate surface area is 177 Å². The van der Waals surface area contributed by atoms with Gasteiger partial charge in [-0.2, -0.15) is 0 Å². The van der Waals surface area contributed by atoms with Crippen molar-refractivity contribution in [2.45, 2.75) is 13.0 Å². The van der Waals surface area contributed by atoms with E-state index >= 15 is 0 Å². The zero-order valence-electron chi connectivity index (χ0n) is 16.2. The Morgan fingerprint density at radius 1 is 1.13 bits per heavy atom. The number of nitrogens with zero attached hydrogens (tertiary/aromatic N) is 1. The Kier molecular flexibility index (Phi) is 5.48. The van der Waals surface area contributed by atoms with Crippen LogP contribution in [0.3, 0.4) is 0 Å². The van der Waals surface area contributed by atoms with E-state index < -0.39 is 6.16 Å². The Hall–Kier alpha value is -4.40. The lowest BCUT2D eigenvalue weighted by atomic mass is 10.1. The molecule has 1 aliphatic heterocycles. The average molecular weight is 418 g/mol. The first kappa shape index (κ1) is 19.9. The number of aromatic nitrogens is 1. The van der Waals surface area contributed by atoms with Crippen LogP contribution in [0.5, 0.6) is 5.88 Å². The molecule has 2 aromatic carbocycles. The zero-order valence-corrected chi connectivity index (χ0v) is 16.2. The second kappa shape index (κ2) is 8.54. The number of pyridine rings is 1. The summed E-state index contributed by atoms with van der Waals surface area (Å²) in [6, 6.07) is 15.5. The SMILES string of the molecule is O=C1Cc2cc(NC(=O)c3ccccc3NCc3ccc(OC(=O)O)nc3)ccc2N1. The fraction of sp³-hybridized carbons (Fsp3) is 0.0909. The van der Waals surface area contributed by atoms with Gasteiger partial charge in [0.2, 0.25) is 11.8 Å². The van der Waals surface area contributed by atoms with Gasteiger partial charge >= 0.3 is 6.16 Å². The first-order chi connectivity index (χ1) is 15.0. The number of amides is 2. The minimum Gasteiger partial charge on any atom is -0.449 e. The second-order valence-corrected chi connectivity index (χ2v) is 6.82. The van der Waals surface area contributed by atoms with Crippen molar-refractivity contribution in [3.05, 3.63) is 77.5 Å². The molecule has 2 heterocycles. The summed E-state index contributed by atoms with van der Waals surface area (Å²) in [5, 5.41) is 17.4. The summed E-state index contributed by atoms with van der Waals surface area (Å²) in [6.07, 6.45) is 0.361. The lowest BCUT2D eigenvalue weighted by molar-refractivity contribution is -0.115. The van der Waals surface area contributed by atoms with E-state index in [1.54, 1.807) is 42.5 Å². The first-order valence-corrected chi connectivity index (χ1v) is 9.40. The van der Waals surface area contributed by atoms with Gasteiger partial charge in [-0.1, -0.05) is 18.2 Å². The minimum absolute atomic E-state index is 0.0118. The molecule has 4 rings (SSSR count). The number of para-hydroxylation sites is 1. The maximum atomic E-state index is 12.8. The molecule has 0 radical (unpaired) electrons. The molecule has 0 saturated carbocycles. The standard InChI is InChI=1S/C22H18N4O5/c27-19-10-14-9-15(6-7-17(14)26-19)25-21(28)16-3-1-2-4-18(16)23-11-13-5-8-20(24-12-13)31-22(29)30/h1-9,12,23H,10-11H2,(H,25,28)(H,26,27)(H,29,30). The molecule has 0 saturated heterocycles. The molecule has 2 amide bonds. The van der Waals surface area contributed by atoms with Gasteiger partial charge in [0.25, 0.3) is 5.91 Å². The van der Waals surface area contributed by atoms with Crippen LogP contribution in [0, 0.1) is 0 Å². The van der Waals surface area contributed by atoms with Crippen molar-refractivity contribution in [2.75, 3.05) is 16.0 Å². The Bertz CT molecular complexity index is 1160. The van der Waals surface area contributed by atoms with Crippen LogP contribution in [0.2, 0.25) is 0 Å². The Morgan fingerprint density at radius 3 is 2.74 bits per heavy atom. The largest absolute Gasteiger partial charge is 0.512 e. The van der Waals surface area contributed by atoms with Gasteiger partial charge in [0, 0.05) is 35.9 Å². The normalized spacial score (nSPS) is 11.9. The van der Waals surface area contributed by atoms with Gasteiger partial charge in [-0.3, -0.25) is 9.59 Å². The van der Waals surface area contributed by atoms with Gasteiger partial charge in [-0.25, -0.2) is 9.78 Å². The van der Waals surface area contributed by atoms with Crippen LogP contribution in [0.4, 0.5) is 21.9 Å². The van der Waals surface area contributed by atoms with Crippen LogP contribution in [-0.2, 0) is 17.8 Å². The smallest absolute Gasteiger partial charge is 0.449 e. The number of anilines is 3. The maximum absolute atomic E-state index is 12.8. The quantitative estimate of drug-likeness (QED) is 0.451. The summed E-state index contributed by atoms with van der Waals surface area (Å²) >= 11 is 0. The molecule has 0 atom stereocenters. The van der Waals surface area contributed by atoms with Crippen LogP contribution >= 0.6 is 0 Å². The second-order valence-electron chi connectivity index (χ2n) is 6.82. The van der Waals surface area contributed by atoms with E-state index in [-0.39, 0.29) is 17.7 Å².